The molecule has 0 saturated heterocycles. The van der Waals surface area contributed by atoms with E-state index in [1.165, 1.54) is 0 Å². The first-order valence-electron chi connectivity index (χ1n) is 3.67. The van der Waals surface area contributed by atoms with Gasteiger partial charge in [0.25, 0.3) is 20.2 Å². The normalized spacial score (nSPS) is 12.6. The van der Waals surface area contributed by atoms with Crippen molar-refractivity contribution in [1.82, 2.24) is 0 Å². The number of hydrogen-bond acceptors (Lipinski definition) is 6. The molecule has 0 bridgehead atoms. The molecule has 0 aliphatic heterocycles. The first-order chi connectivity index (χ1) is 7.03. The molecule has 8 nitrogen and oxygen atoms in total. The van der Waals surface area contributed by atoms with Crippen molar-refractivity contribution in [2.45, 2.75) is 9.79 Å². The van der Waals surface area contributed by atoms with Crippen LogP contribution < -0.4 is 11.5 Å². The molecule has 0 atom stereocenters. The zero-order valence-electron chi connectivity index (χ0n) is 7.65. The van der Waals surface area contributed by atoms with E-state index in [2.05, 4.69) is 0 Å². The van der Waals surface area contributed by atoms with Gasteiger partial charge in [0.05, 0.1) is 16.3 Å². The second-order valence-corrected chi connectivity index (χ2v) is 5.69. The zero-order valence-corrected chi connectivity index (χ0v) is 9.29. The SMILES string of the molecule is Nc1cc(S(=O)(=O)O)cc(S(=O)(=O)O)c1N. The second-order valence-electron chi connectivity index (χ2n) is 2.87. The van der Waals surface area contributed by atoms with Crippen LogP contribution in [0.15, 0.2) is 21.9 Å². The van der Waals surface area contributed by atoms with E-state index in [9.17, 15) is 16.8 Å². The summed E-state index contributed by atoms with van der Waals surface area (Å²) in [6.45, 7) is 0. The van der Waals surface area contributed by atoms with Crippen molar-refractivity contribution < 1.29 is 25.9 Å². The number of nitrogens with two attached hydrogens (primary N) is 2. The summed E-state index contributed by atoms with van der Waals surface area (Å²) in [5, 5.41) is 0. The van der Waals surface area contributed by atoms with Crippen molar-refractivity contribution in [2.24, 2.45) is 0 Å². The Morgan fingerprint density at radius 3 is 1.81 bits per heavy atom. The molecule has 0 saturated carbocycles. The van der Waals surface area contributed by atoms with Crippen molar-refractivity contribution in [3.8, 4) is 0 Å². The first kappa shape index (κ1) is 12.7. The lowest BCUT2D eigenvalue weighted by Gasteiger charge is -2.07. The van der Waals surface area contributed by atoms with Crippen LogP contribution in [0, 0.1) is 0 Å². The Bertz CT molecular complexity index is 633. The van der Waals surface area contributed by atoms with Crippen LogP contribution in [0.5, 0.6) is 0 Å². The highest BCUT2D eigenvalue weighted by Gasteiger charge is 2.21. The lowest BCUT2D eigenvalue weighted by molar-refractivity contribution is 0.481. The van der Waals surface area contributed by atoms with Gasteiger partial charge in [-0.1, -0.05) is 0 Å². The van der Waals surface area contributed by atoms with Gasteiger partial charge in [-0.3, -0.25) is 9.11 Å². The fourth-order valence-corrected chi connectivity index (χ4v) is 2.27. The minimum Gasteiger partial charge on any atom is -0.397 e. The van der Waals surface area contributed by atoms with Crippen molar-refractivity contribution >= 4 is 31.6 Å². The van der Waals surface area contributed by atoms with E-state index in [-0.39, 0.29) is 5.69 Å². The van der Waals surface area contributed by atoms with Gasteiger partial charge in [-0.25, -0.2) is 0 Å². The molecule has 6 N–H and O–H groups in total. The van der Waals surface area contributed by atoms with Gasteiger partial charge in [-0.15, -0.1) is 0 Å². The van der Waals surface area contributed by atoms with E-state index in [4.69, 9.17) is 20.6 Å². The molecular weight excluding hydrogens is 260 g/mol. The van der Waals surface area contributed by atoms with Gasteiger partial charge in [-0.05, 0) is 12.1 Å². The third-order valence-electron chi connectivity index (χ3n) is 1.72. The summed E-state index contributed by atoms with van der Waals surface area (Å²) in [5.74, 6) is 0. The Labute approximate surface area is 91.4 Å². The highest BCUT2D eigenvalue weighted by molar-refractivity contribution is 7.86. The Balaban J connectivity index is 3.72. The van der Waals surface area contributed by atoms with Gasteiger partial charge in [0.2, 0.25) is 0 Å². The quantitative estimate of drug-likeness (QED) is 0.406. The third kappa shape index (κ3) is 2.41. The number of benzene rings is 1. The zero-order chi connectivity index (χ0) is 12.7. The van der Waals surface area contributed by atoms with Gasteiger partial charge in [0, 0.05) is 0 Å². The maximum atomic E-state index is 10.8. The molecule has 0 aliphatic carbocycles. The van der Waals surface area contributed by atoms with Crippen molar-refractivity contribution in [3.63, 3.8) is 0 Å². The van der Waals surface area contributed by atoms with Gasteiger partial charge in [0.1, 0.15) is 4.90 Å². The lowest BCUT2D eigenvalue weighted by Crippen LogP contribution is -2.09. The molecule has 16 heavy (non-hydrogen) atoms. The average molecular weight is 268 g/mol. The number of rotatable bonds is 2. The fourth-order valence-electron chi connectivity index (χ4n) is 0.984. The molecule has 0 aliphatic rings. The summed E-state index contributed by atoms with van der Waals surface area (Å²) in [6, 6.07) is 1.29. The number of nitrogen functional groups attached to an aromatic ring is 2. The maximum absolute atomic E-state index is 10.8. The molecule has 1 rings (SSSR count). The predicted molar refractivity (Wildman–Crippen MR) is 54.9 cm³/mol. The summed E-state index contributed by atoms with van der Waals surface area (Å²) in [6.07, 6.45) is 0. The molecule has 0 radical (unpaired) electrons. The molecule has 90 valence electrons. The van der Waals surface area contributed by atoms with Crippen molar-refractivity contribution in [3.05, 3.63) is 12.1 Å². The average Bonchev–Trinajstić information content (AvgIpc) is 2.05. The van der Waals surface area contributed by atoms with E-state index in [1.54, 1.807) is 0 Å². The Morgan fingerprint density at radius 1 is 0.938 bits per heavy atom. The highest BCUT2D eigenvalue weighted by atomic mass is 32.2. The molecule has 0 aromatic heterocycles. The van der Waals surface area contributed by atoms with Crippen LogP contribution >= 0.6 is 0 Å². The van der Waals surface area contributed by atoms with Gasteiger partial charge in [0.15, 0.2) is 0 Å². The van der Waals surface area contributed by atoms with Crippen LogP contribution in [-0.2, 0) is 20.2 Å². The van der Waals surface area contributed by atoms with Gasteiger partial charge in [-0.2, -0.15) is 16.8 Å². The Morgan fingerprint density at radius 2 is 1.44 bits per heavy atom. The summed E-state index contributed by atoms with van der Waals surface area (Å²) >= 11 is 0. The van der Waals surface area contributed by atoms with Crippen LogP contribution in [-0.4, -0.2) is 25.9 Å². The standard InChI is InChI=1S/C6H8N2O6S2/c7-4-1-3(15(9,10)11)2-5(6(4)8)16(12,13)14/h1-2H,7-8H2,(H,9,10,11)(H,12,13,14). The lowest BCUT2D eigenvalue weighted by atomic mass is 10.3. The number of hydrogen-bond donors (Lipinski definition) is 4. The largest absolute Gasteiger partial charge is 0.397 e. The van der Waals surface area contributed by atoms with E-state index in [0.29, 0.717) is 6.07 Å². The molecule has 0 heterocycles. The van der Waals surface area contributed by atoms with Crippen LogP contribution in [0.4, 0.5) is 11.4 Å². The summed E-state index contributed by atoms with van der Waals surface area (Å²) in [7, 11) is -9.36. The van der Waals surface area contributed by atoms with Crippen molar-refractivity contribution in [1.29, 1.82) is 0 Å². The molecule has 10 heteroatoms. The summed E-state index contributed by atoms with van der Waals surface area (Å²) in [4.78, 5) is -1.65. The van der Waals surface area contributed by atoms with Gasteiger partial charge >= 0.3 is 0 Å². The minimum atomic E-state index is -4.72. The topological polar surface area (TPSA) is 161 Å². The Kier molecular flexibility index (Phi) is 2.85. The monoisotopic (exact) mass is 268 g/mol. The molecule has 0 spiro atoms. The fraction of sp³-hybridized carbons (Fsp3) is 0. The molecule has 0 amide bonds. The van der Waals surface area contributed by atoms with Crippen LogP contribution in [0.3, 0.4) is 0 Å². The summed E-state index contributed by atoms with van der Waals surface area (Å²) < 4.78 is 60.6. The first-order valence-corrected chi connectivity index (χ1v) is 6.55. The minimum absolute atomic E-state index is 0.386. The Hall–Kier alpha value is -1.36. The van der Waals surface area contributed by atoms with Crippen LogP contribution in [0.1, 0.15) is 0 Å². The van der Waals surface area contributed by atoms with Crippen LogP contribution in [0.2, 0.25) is 0 Å². The summed E-state index contributed by atoms with van der Waals surface area (Å²) in [5.41, 5.74) is 9.60. The molecule has 1 aromatic carbocycles. The molecule has 0 unspecified atom stereocenters. The van der Waals surface area contributed by atoms with Crippen molar-refractivity contribution in [2.75, 3.05) is 11.5 Å². The maximum Gasteiger partial charge on any atom is 0.296 e. The molecule has 1 aromatic rings. The highest BCUT2D eigenvalue weighted by Crippen LogP contribution is 2.28. The molecule has 0 fully saturated rings. The second kappa shape index (κ2) is 3.59. The molecular formula is C6H8N2O6S2. The number of anilines is 2. The van der Waals surface area contributed by atoms with Crippen LogP contribution in [0.25, 0.3) is 0 Å². The van der Waals surface area contributed by atoms with E-state index in [0.717, 1.165) is 6.07 Å². The van der Waals surface area contributed by atoms with Gasteiger partial charge < -0.3 is 11.5 Å². The smallest absolute Gasteiger partial charge is 0.296 e. The van der Waals surface area contributed by atoms with E-state index >= 15 is 0 Å². The predicted octanol–water partition coefficient (Wildman–Crippen LogP) is -0.656. The third-order valence-corrected chi connectivity index (χ3v) is 3.45. The van der Waals surface area contributed by atoms with E-state index in [1.807, 2.05) is 0 Å². The van der Waals surface area contributed by atoms with E-state index < -0.39 is 35.7 Å².